The lowest BCUT2D eigenvalue weighted by Crippen LogP contribution is -2.36. The van der Waals surface area contributed by atoms with Crippen molar-refractivity contribution in [3.63, 3.8) is 0 Å². The summed E-state index contributed by atoms with van der Waals surface area (Å²) in [5.41, 5.74) is 6.54. The van der Waals surface area contributed by atoms with Gasteiger partial charge in [0.2, 0.25) is 0 Å². The van der Waals surface area contributed by atoms with Gasteiger partial charge < -0.3 is 14.0 Å². The fourth-order valence-corrected chi connectivity index (χ4v) is 3.14. The predicted molar refractivity (Wildman–Crippen MR) is 104 cm³/mol. The standard InChI is InChI=1S/C20H21N5O2/c1-15-19(22-18-4-2-3-9-25(15)18)20(26)23-21-14-16-5-7-17(8-6-16)24-10-12-27-13-11-24/h2-9,14H,10-13H2,1H3,(H,23,26). The zero-order valence-electron chi connectivity index (χ0n) is 15.1. The molecule has 1 aliphatic rings. The molecule has 0 unspecified atom stereocenters. The molecular weight excluding hydrogens is 342 g/mol. The van der Waals surface area contributed by atoms with Crippen molar-refractivity contribution in [3.05, 3.63) is 65.6 Å². The van der Waals surface area contributed by atoms with Crippen LogP contribution in [0.15, 0.2) is 53.8 Å². The number of hydrogen-bond acceptors (Lipinski definition) is 5. The molecule has 3 heterocycles. The molecule has 3 aromatic rings. The Kier molecular flexibility index (Phi) is 4.84. The number of aryl methyl sites for hydroxylation is 1. The fourth-order valence-electron chi connectivity index (χ4n) is 3.14. The number of aromatic nitrogens is 2. The maximum atomic E-state index is 12.4. The van der Waals surface area contributed by atoms with Gasteiger partial charge in [-0.25, -0.2) is 10.4 Å². The molecule has 1 N–H and O–H groups in total. The van der Waals surface area contributed by atoms with E-state index in [1.54, 1.807) is 6.21 Å². The molecule has 2 aromatic heterocycles. The van der Waals surface area contributed by atoms with E-state index in [4.69, 9.17) is 4.74 Å². The molecule has 0 atom stereocenters. The Hall–Kier alpha value is -3.19. The Morgan fingerprint density at radius 1 is 1.19 bits per heavy atom. The van der Waals surface area contributed by atoms with Crippen LogP contribution in [0.4, 0.5) is 5.69 Å². The third-order valence-electron chi connectivity index (χ3n) is 4.63. The Morgan fingerprint density at radius 2 is 1.96 bits per heavy atom. The highest BCUT2D eigenvalue weighted by molar-refractivity contribution is 5.95. The van der Waals surface area contributed by atoms with Gasteiger partial charge in [0, 0.05) is 25.0 Å². The van der Waals surface area contributed by atoms with Crippen molar-refractivity contribution in [1.29, 1.82) is 0 Å². The average Bonchev–Trinajstić information content (AvgIpc) is 3.06. The van der Waals surface area contributed by atoms with E-state index in [2.05, 4.69) is 32.5 Å². The summed E-state index contributed by atoms with van der Waals surface area (Å²) in [5.74, 6) is -0.322. The molecule has 138 valence electrons. The van der Waals surface area contributed by atoms with Crippen LogP contribution in [0.3, 0.4) is 0 Å². The minimum absolute atomic E-state index is 0.322. The van der Waals surface area contributed by atoms with E-state index in [9.17, 15) is 4.79 Å². The number of ether oxygens (including phenoxy) is 1. The molecule has 1 amide bonds. The van der Waals surface area contributed by atoms with Gasteiger partial charge in [-0.3, -0.25) is 4.79 Å². The summed E-state index contributed by atoms with van der Waals surface area (Å²) in [7, 11) is 0. The van der Waals surface area contributed by atoms with Crippen molar-refractivity contribution in [2.45, 2.75) is 6.92 Å². The van der Waals surface area contributed by atoms with Crippen LogP contribution < -0.4 is 10.3 Å². The largest absolute Gasteiger partial charge is 0.378 e. The maximum Gasteiger partial charge on any atom is 0.291 e. The van der Waals surface area contributed by atoms with Gasteiger partial charge in [-0.15, -0.1) is 0 Å². The van der Waals surface area contributed by atoms with E-state index in [1.807, 2.05) is 47.9 Å². The third-order valence-corrected chi connectivity index (χ3v) is 4.63. The second-order valence-corrected chi connectivity index (χ2v) is 6.36. The quantitative estimate of drug-likeness (QED) is 0.570. The van der Waals surface area contributed by atoms with Crippen molar-refractivity contribution >= 4 is 23.5 Å². The number of carbonyl (C=O) groups excluding carboxylic acids is 1. The minimum atomic E-state index is -0.322. The molecule has 0 radical (unpaired) electrons. The molecule has 7 heteroatoms. The molecule has 27 heavy (non-hydrogen) atoms. The van der Waals surface area contributed by atoms with Gasteiger partial charge in [0.05, 0.1) is 25.1 Å². The number of nitrogens with one attached hydrogen (secondary N) is 1. The molecule has 0 bridgehead atoms. The van der Waals surface area contributed by atoms with Crippen molar-refractivity contribution in [2.75, 3.05) is 31.2 Å². The maximum absolute atomic E-state index is 12.4. The lowest BCUT2D eigenvalue weighted by molar-refractivity contribution is 0.0950. The van der Waals surface area contributed by atoms with E-state index in [0.29, 0.717) is 5.69 Å². The van der Waals surface area contributed by atoms with Crippen LogP contribution in [0.1, 0.15) is 21.7 Å². The topological polar surface area (TPSA) is 71.2 Å². The molecule has 1 aliphatic heterocycles. The zero-order chi connectivity index (χ0) is 18.6. The minimum Gasteiger partial charge on any atom is -0.378 e. The molecule has 1 aromatic carbocycles. The number of imidazole rings is 1. The number of rotatable bonds is 4. The van der Waals surface area contributed by atoms with Crippen LogP contribution in [-0.4, -0.2) is 47.8 Å². The second-order valence-electron chi connectivity index (χ2n) is 6.36. The zero-order valence-corrected chi connectivity index (χ0v) is 15.1. The first kappa shape index (κ1) is 17.2. The summed E-state index contributed by atoms with van der Waals surface area (Å²) in [6.45, 7) is 5.20. The number of nitrogens with zero attached hydrogens (tertiary/aromatic N) is 4. The Balaban J connectivity index is 1.40. The van der Waals surface area contributed by atoms with Crippen LogP contribution in [0, 0.1) is 6.92 Å². The fraction of sp³-hybridized carbons (Fsp3) is 0.250. The van der Waals surface area contributed by atoms with Crippen LogP contribution in [0.5, 0.6) is 0 Å². The van der Waals surface area contributed by atoms with E-state index in [0.717, 1.165) is 43.2 Å². The molecule has 0 spiro atoms. The molecule has 0 aliphatic carbocycles. The van der Waals surface area contributed by atoms with E-state index in [-0.39, 0.29) is 5.91 Å². The SMILES string of the molecule is Cc1c(C(=O)NN=Cc2ccc(N3CCOCC3)cc2)nc2ccccn12. The summed E-state index contributed by atoms with van der Waals surface area (Å²) >= 11 is 0. The average molecular weight is 363 g/mol. The number of hydrogen-bond donors (Lipinski definition) is 1. The number of hydrazone groups is 1. The highest BCUT2D eigenvalue weighted by atomic mass is 16.5. The molecule has 7 nitrogen and oxygen atoms in total. The molecule has 1 fully saturated rings. The van der Waals surface area contributed by atoms with Gasteiger partial charge >= 0.3 is 0 Å². The molecule has 0 saturated carbocycles. The van der Waals surface area contributed by atoms with Crippen molar-refractivity contribution < 1.29 is 9.53 Å². The summed E-state index contributed by atoms with van der Waals surface area (Å²) in [4.78, 5) is 19.0. The Bertz CT molecular complexity index is 972. The monoisotopic (exact) mass is 363 g/mol. The first-order valence-corrected chi connectivity index (χ1v) is 8.92. The van der Waals surface area contributed by atoms with Crippen LogP contribution in [-0.2, 0) is 4.74 Å². The highest BCUT2D eigenvalue weighted by Crippen LogP contribution is 2.16. The summed E-state index contributed by atoms with van der Waals surface area (Å²) in [5, 5.41) is 4.06. The normalized spacial score (nSPS) is 14.8. The third kappa shape index (κ3) is 3.68. The van der Waals surface area contributed by atoms with E-state index < -0.39 is 0 Å². The first-order chi connectivity index (χ1) is 13.2. The van der Waals surface area contributed by atoms with E-state index in [1.165, 1.54) is 5.69 Å². The lowest BCUT2D eigenvalue weighted by atomic mass is 10.2. The second kappa shape index (κ2) is 7.59. The lowest BCUT2D eigenvalue weighted by Gasteiger charge is -2.28. The molecular formula is C20H21N5O2. The van der Waals surface area contributed by atoms with Gasteiger partial charge in [0.15, 0.2) is 5.69 Å². The number of fused-ring (bicyclic) bond motifs is 1. The van der Waals surface area contributed by atoms with Gasteiger partial charge in [0.25, 0.3) is 5.91 Å². The highest BCUT2D eigenvalue weighted by Gasteiger charge is 2.15. The van der Waals surface area contributed by atoms with Crippen LogP contribution in [0.25, 0.3) is 5.65 Å². The van der Waals surface area contributed by atoms with Gasteiger partial charge in [-0.05, 0) is 36.8 Å². The molecule has 1 saturated heterocycles. The first-order valence-electron chi connectivity index (χ1n) is 8.92. The molecule has 4 rings (SSSR count). The van der Waals surface area contributed by atoms with Crippen LogP contribution in [0.2, 0.25) is 0 Å². The van der Waals surface area contributed by atoms with Crippen molar-refractivity contribution in [1.82, 2.24) is 14.8 Å². The number of benzene rings is 1. The number of carbonyl (C=O) groups is 1. The van der Waals surface area contributed by atoms with Crippen molar-refractivity contribution in [3.8, 4) is 0 Å². The number of morpholine rings is 1. The van der Waals surface area contributed by atoms with Gasteiger partial charge in [0.1, 0.15) is 5.65 Å². The Labute approximate surface area is 157 Å². The predicted octanol–water partition coefficient (Wildman–Crippen LogP) is 2.24. The summed E-state index contributed by atoms with van der Waals surface area (Å²) in [6, 6.07) is 13.7. The van der Waals surface area contributed by atoms with E-state index >= 15 is 0 Å². The number of pyridine rings is 1. The van der Waals surface area contributed by atoms with Gasteiger partial charge in [-0.1, -0.05) is 18.2 Å². The summed E-state index contributed by atoms with van der Waals surface area (Å²) in [6.07, 6.45) is 3.51. The smallest absolute Gasteiger partial charge is 0.291 e. The van der Waals surface area contributed by atoms with Crippen molar-refractivity contribution in [2.24, 2.45) is 5.10 Å². The number of amides is 1. The van der Waals surface area contributed by atoms with Crippen LogP contribution >= 0.6 is 0 Å². The summed E-state index contributed by atoms with van der Waals surface area (Å²) < 4.78 is 7.25. The Morgan fingerprint density at radius 3 is 2.70 bits per heavy atom. The number of anilines is 1. The van der Waals surface area contributed by atoms with Gasteiger partial charge in [-0.2, -0.15) is 5.10 Å².